The largest absolute Gasteiger partial charge is 0.393 e. The zero-order valence-corrected chi connectivity index (χ0v) is 9.76. The Labute approximate surface area is 99.0 Å². The van der Waals surface area contributed by atoms with Crippen molar-refractivity contribution in [2.24, 2.45) is 5.73 Å². The molecule has 0 aliphatic rings. The maximum absolute atomic E-state index is 13.3. The summed E-state index contributed by atoms with van der Waals surface area (Å²) in [5, 5.41) is 0. The van der Waals surface area contributed by atoms with Gasteiger partial charge in [0.15, 0.2) is 0 Å². The number of benzene rings is 1. The molecule has 3 nitrogen and oxygen atoms in total. The molecule has 86 valence electrons. The Balaban J connectivity index is 2.71. The average Bonchev–Trinajstić information content (AvgIpc) is 2.25. The summed E-state index contributed by atoms with van der Waals surface area (Å²) in [4.78, 5) is 13.5. The van der Waals surface area contributed by atoms with Gasteiger partial charge in [-0.3, -0.25) is 4.79 Å². The van der Waals surface area contributed by atoms with E-state index in [1.54, 1.807) is 19.2 Å². The molecule has 0 unspecified atom stereocenters. The fourth-order valence-electron chi connectivity index (χ4n) is 1.22. The van der Waals surface area contributed by atoms with Crippen LogP contribution in [0.1, 0.15) is 16.8 Å². The molecule has 0 saturated heterocycles. The second-order valence-electron chi connectivity index (χ2n) is 3.42. The van der Waals surface area contributed by atoms with Gasteiger partial charge in [-0.05, 0) is 12.1 Å². The summed E-state index contributed by atoms with van der Waals surface area (Å²) in [6.07, 6.45) is 0.437. The van der Waals surface area contributed by atoms with Crippen LogP contribution in [-0.2, 0) is 0 Å². The number of rotatable bonds is 4. The Hall–Kier alpha value is -1.49. The van der Waals surface area contributed by atoms with E-state index < -0.39 is 5.82 Å². The second-order valence-corrected chi connectivity index (χ2v) is 3.95. The predicted molar refractivity (Wildman–Crippen MR) is 64.8 cm³/mol. The van der Waals surface area contributed by atoms with Gasteiger partial charge in [0.1, 0.15) is 5.82 Å². The number of carbonyl (C=O) groups is 1. The molecule has 0 aliphatic carbocycles. The third kappa shape index (κ3) is 3.27. The second kappa shape index (κ2) is 5.55. The van der Waals surface area contributed by atoms with E-state index in [9.17, 15) is 9.18 Å². The highest BCUT2D eigenvalue weighted by atomic mass is 32.1. The van der Waals surface area contributed by atoms with Crippen molar-refractivity contribution in [2.75, 3.05) is 13.6 Å². The summed E-state index contributed by atoms with van der Waals surface area (Å²) in [7, 11) is 1.59. The summed E-state index contributed by atoms with van der Waals surface area (Å²) in [5.74, 6) is -0.885. The topological polar surface area (TPSA) is 46.3 Å². The van der Waals surface area contributed by atoms with Crippen molar-refractivity contribution in [2.45, 2.75) is 6.42 Å². The van der Waals surface area contributed by atoms with Gasteiger partial charge in [0.2, 0.25) is 0 Å². The Bertz CT molecular complexity index is 409. The molecule has 5 heteroatoms. The van der Waals surface area contributed by atoms with Gasteiger partial charge in [-0.25, -0.2) is 4.39 Å². The lowest BCUT2D eigenvalue weighted by Gasteiger charge is -2.16. The first-order valence-electron chi connectivity index (χ1n) is 4.80. The van der Waals surface area contributed by atoms with Crippen LogP contribution in [0.15, 0.2) is 24.3 Å². The van der Waals surface area contributed by atoms with Crippen LogP contribution in [0.5, 0.6) is 0 Å². The van der Waals surface area contributed by atoms with Crippen LogP contribution >= 0.6 is 12.2 Å². The fraction of sp³-hybridized carbons (Fsp3) is 0.273. The monoisotopic (exact) mass is 240 g/mol. The summed E-state index contributed by atoms with van der Waals surface area (Å²) < 4.78 is 13.3. The third-order valence-electron chi connectivity index (χ3n) is 2.14. The van der Waals surface area contributed by atoms with Crippen LogP contribution < -0.4 is 5.73 Å². The van der Waals surface area contributed by atoms with Crippen molar-refractivity contribution in [3.05, 3.63) is 35.6 Å². The molecule has 0 heterocycles. The number of thiocarbonyl (C=S) groups is 1. The SMILES string of the molecule is CN(CCC(N)=S)C(=O)c1ccccc1F. The fourth-order valence-corrected chi connectivity index (χ4v) is 1.31. The number of nitrogens with zero attached hydrogens (tertiary/aromatic N) is 1. The summed E-state index contributed by atoms with van der Waals surface area (Å²) in [6.45, 7) is 0.391. The summed E-state index contributed by atoms with van der Waals surface area (Å²) in [6, 6.07) is 5.88. The van der Waals surface area contributed by atoms with Gasteiger partial charge >= 0.3 is 0 Å². The van der Waals surface area contributed by atoms with Gasteiger partial charge in [-0.2, -0.15) is 0 Å². The van der Waals surface area contributed by atoms with Gasteiger partial charge in [0.05, 0.1) is 10.6 Å². The summed E-state index contributed by atoms with van der Waals surface area (Å²) >= 11 is 4.71. The number of amides is 1. The molecule has 0 aromatic heterocycles. The normalized spacial score (nSPS) is 9.88. The molecule has 0 bridgehead atoms. The maximum atomic E-state index is 13.3. The number of nitrogens with two attached hydrogens (primary N) is 1. The van der Waals surface area contributed by atoms with Crippen molar-refractivity contribution in [3.8, 4) is 0 Å². The standard InChI is InChI=1S/C11H13FN2OS/c1-14(7-6-10(13)16)11(15)8-4-2-3-5-9(8)12/h2-5H,6-7H2,1H3,(H2,13,16). The van der Waals surface area contributed by atoms with Gasteiger partial charge in [-0.15, -0.1) is 0 Å². The lowest BCUT2D eigenvalue weighted by molar-refractivity contribution is 0.0794. The zero-order valence-electron chi connectivity index (χ0n) is 8.94. The molecule has 0 spiro atoms. The highest BCUT2D eigenvalue weighted by Gasteiger charge is 2.15. The lowest BCUT2D eigenvalue weighted by Crippen LogP contribution is -2.30. The van der Waals surface area contributed by atoms with Crippen molar-refractivity contribution in [1.82, 2.24) is 4.90 Å². The van der Waals surface area contributed by atoms with Crippen molar-refractivity contribution >= 4 is 23.1 Å². The molecule has 0 fully saturated rings. The predicted octanol–water partition coefficient (Wildman–Crippen LogP) is 1.57. The van der Waals surface area contributed by atoms with Crippen molar-refractivity contribution < 1.29 is 9.18 Å². The minimum Gasteiger partial charge on any atom is -0.393 e. The van der Waals surface area contributed by atoms with E-state index in [-0.39, 0.29) is 11.5 Å². The minimum atomic E-state index is -0.519. The molecule has 2 N–H and O–H groups in total. The first kappa shape index (κ1) is 12.6. The van der Waals surface area contributed by atoms with E-state index in [0.29, 0.717) is 18.0 Å². The van der Waals surface area contributed by atoms with Crippen LogP contribution in [0.3, 0.4) is 0 Å². The van der Waals surface area contributed by atoms with E-state index in [1.165, 1.54) is 17.0 Å². The zero-order chi connectivity index (χ0) is 12.1. The molecule has 0 aliphatic heterocycles. The number of hydrogen-bond donors (Lipinski definition) is 1. The first-order chi connectivity index (χ1) is 7.52. The maximum Gasteiger partial charge on any atom is 0.256 e. The molecular weight excluding hydrogens is 227 g/mol. The number of hydrogen-bond acceptors (Lipinski definition) is 2. The Kier molecular flexibility index (Phi) is 4.37. The van der Waals surface area contributed by atoms with Crippen molar-refractivity contribution in [3.63, 3.8) is 0 Å². The van der Waals surface area contributed by atoms with Crippen LogP contribution in [0.25, 0.3) is 0 Å². The Morgan fingerprint density at radius 1 is 1.50 bits per heavy atom. The van der Waals surface area contributed by atoms with Gasteiger partial charge in [0.25, 0.3) is 5.91 Å². The third-order valence-corrected chi connectivity index (χ3v) is 2.35. The van der Waals surface area contributed by atoms with E-state index in [0.717, 1.165) is 0 Å². The van der Waals surface area contributed by atoms with Gasteiger partial charge in [0, 0.05) is 20.0 Å². The molecule has 0 saturated carbocycles. The average molecular weight is 240 g/mol. The van der Waals surface area contributed by atoms with Gasteiger partial charge < -0.3 is 10.6 Å². The quantitative estimate of drug-likeness (QED) is 0.813. The Morgan fingerprint density at radius 3 is 2.69 bits per heavy atom. The molecular formula is C11H13FN2OS. The van der Waals surface area contributed by atoms with E-state index >= 15 is 0 Å². The highest BCUT2D eigenvalue weighted by Crippen LogP contribution is 2.09. The lowest BCUT2D eigenvalue weighted by atomic mass is 10.2. The number of carbonyl (C=O) groups excluding carboxylic acids is 1. The molecule has 16 heavy (non-hydrogen) atoms. The van der Waals surface area contributed by atoms with Crippen LogP contribution in [0.4, 0.5) is 4.39 Å². The molecule has 1 amide bonds. The van der Waals surface area contributed by atoms with Crippen LogP contribution in [0.2, 0.25) is 0 Å². The highest BCUT2D eigenvalue weighted by molar-refractivity contribution is 7.80. The Morgan fingerprint density at radius 2 is 2.12 bits per heavy atom. The van der Waals surface area contributed by atoms with E-state index in [4.69, 9.17) is 18.0 Å². The van der Waals surface area contributed by atoms with E-state index in [1.807, 2.05) is 0 Å². The van der Waals surface area contributed by atoms with Crippen LogP contribution in [-0.4, -0.2) is 29.4 Å². The molecule has 1 rings (SSSR count). The summed E-state index contributed by atoms with van der Waals surface area (Å²) in [5.41, 5.74) is 5.39. The smallest absolute Gasteiger partial charge is 0.256 e. The molecule has 1 aromatic rings. The van der Waals surface area contributed by atoms with Crippen LogP contribution in [0, 0.1) is 5.82 Å². The van der Waals surface area contributed by atoms with Crippen molar-refractivity contribution in [1.29, 1.82) is 0 Å². The minimum absolute atomic E-state index is 0.0629. The van der Waals surface area contributed by atoms with E-state index in [2.05, 4.69) is 0 Å². The molecule has 0 radical (unpaired) electrons. The first-order valence-corrected chi connectivity index (χ1v) is 5.21. The van der Waals surface area contributed by atoms with Gasteiger partial charge in [-0.1, -0.05) is 24.4 Å². The molecule has 1 aromatic carbocycles. The molecule has 0 atom stereocenters. The number of halogens is 1.